The molecule has 0 aliphatic carbocycles. The molecular weight excluding hydrogens is 329 g/mol. The zero-order valence-corrected chi connectivity index (χ0v) is 14.5. The van der Waals surface area contributed by atoms with Crippen molar-refractivity contribution in [2.45, 2.75) is 40.2 Å². The van der Waals surface area contributed by atoms with Crippen LogP contribution in [0.2, 0.25) is 5.02 Å². The van der Waals surface area contributed by atoms with Crippen molar-refractivity contribution in [3.05, 3.63) is 33.0 Å². The molecule has 1 aromatic carbocycles. The molecule has 0 heterocycles. The number of halogens is 3. The van der Waals surface area contributed by atoms with Gasteiger partial charge in [0.15, 0.2) is 0 Å². The van der Waals surface area contributed by atoms with Crippen LogP contribution in [0.1, 0.15) is 45.7 Å². The normalized spacial score (nSPS) is 15.4. The molecule has 0 aromatic heterocycles. The number of hydrogen-bond donors (Lipinski definition) is 1. The van der Waals surface area contributed by atoms with Gasteiger partial charge in [0.1, 0.15) is 5.82 Å². The van der Waals surface area contributed by atoms with Crippen molar-refractivity contribution < 1.29 is 4.39 Å². The molecule has 2 unspecified atom stereocenters. The van der Waals surface area contributed by atoms with Crippen LogP contribution < -0.4 is 5.32 Å². The predicted octanol–water partition coefficient (Wildman–Crippen LogP) is 5.57. The van der Waals surface area contributed by atoms with Crippen LogP contribution in [-0.4, -0.2) is 7.05 Å². The first kappa shape index (κ1) is 16.9. The van der Waals surface area contributed by atoms with E-state index in [0.717, 1.165) is 6.42 Å². The molecule has 0 radical (unpaired) electrons. The van der Waals surface area contributed by atoms with Crippen molar-refractivity contribution in [2.24, 2.45) is 11.3 Å². The Morgan fingerprint density at radius 1 is 1.37 bits per heavy atom. The second-order valence-corrected chi connectivity index (χ2v) is 7.34. The lowest BCUT2D eigenvalue weighted by Crippen LogP contribution is -2.26. The SMILES string of the molecule is CNC(CC(C)C(C)(C)C)c1ccc(Br)c(Cl)c1F. The summed E-state index contributed by atoms with van der Waals surface area (Å²) in [5.74, 6) is 0.128. The first-order chi connectivity index (χ1) is 8.68. The van der Waals surface area contributed by atoms with Crippen LogP contribution in [0.5, 0.6) is 0 Å². The lowest BCUT2D eigenvalue weighted by atomic mass is 9.77. The Hall–Kier alpha value is -0.120. The van der Waals surface area contributed by atoms with Crippen molar-refractivity contribution in [1.29, 1.82) is 0 Å². The van der Waals surface area contributed by atoms with Crippen molar-refractivity contribution in [1.82, 2.24) is 5.32 Å². The fourth-order valence-corrected chi connectivity index (χ4v) is 2.40. The Morgan fingerprint density at radius 3 is 2.42 bits per heavy atom. The first-order valence-corrected chi connectivity index (χ1v) is 7.66. The average molecular weight is 351 g/mol. The van der Waals surface area contributed by atoms with Gasteiger partial charge in [-0.25, -0.2) is 4.39 Å². The van der Waals surface area contributed by atoms with E-state index in [1.54, 1.807) is 12.1 Å². The average Bonchev–Trinajstić information content (AvgIpc) is 2.32. The minimum absolute atomic E-state index is 0.0279. The summed E-state index contributed by atoms with van der Waals surface area (Å²) < 4.78 is 14.8. The highest BCUT2D eigenvalue weighted by atomic mass is 79.9. The van der Waals surface area contributed by atoms with Crippen LogP contribution in [-0.2, 0) is 0 Å². The van der Waals surface area contributed by atoms with Gasteiger partial charge in [-0.15, -0.1) is 0 Å². The van der Waals surface area contributed by atoms with Crippen LogP contribution in [0.3, 0.4) is 0 Å². The quantitative estimate of drug-likeness (QED) is 0.699. The second kappa shape index (κ2) is 6.55. The smallest absolute Gasteiger partial charge is 0.147 e. The molecule has 19 heavy (non-hydrogen) atoms. The largest absolute Gasteiger partial charge is 0.313 e. The molecule has 0 fully saturated rings. The highest BCUT2D eigenvalue weighted by Crippen LogP contribution is 2.36. The van der Waals surface area contributed by atoms with Gasteiger partial charge < -0.3 is 5.32 Å². The van der Waals surface area contributed by atoms with Gasteiger partial charge in [0.25, 0.3) is 0 Å². The summed E-state index contributed by atoms with van der Waals surface area (Å²) >= 11 is 9.20. The van der Waals surface area contributed by atoms with Gasteiger partial charge in [0.2, 0.25) is 0 Å². The Bertz CT molecular complexity index is 443. The van der Waals surface area contributed by atoms with Crippen LogP contribution in [0.25, 0.3) is 0 Å². The van der Waals surface area contributed by atoms with E-state index in [0.29, 0.717) is 16.0 Å². The molecule has 1 rings (SSSR count). The summed E-state index contributed by atoms with van der Waals surface area (Å²) in [7, 11) is 1.86. The molecule has 0 aliphatic rings. The second-order valence-electron chi connectivity index (χ2n) is 6.11. The molecule has 0 saturated carbocycles. The Morgan fingerprint density at radius 2 is 1.95 bits per heavy atom. The maximum absolute atomic E-state index is 14.2. The van der Waals surface area contributed by atoms with Crippen molar-refractivity contribution in [3.63, 3.8) is 0 Å². The van der Waals surface area contributed by atoms with E-state index in [4.69, 9.17) is 11.6 Å². The van der Waals surface area contributed by atoms with Crippen molar-refractivity contribution in [3.8, 4) is 0 Å². The van der Waals surface area contributed by atoms with E-state index in [-0.39, 0.29) is 22.3 Å². The molecule has 1 N–H and O–H groups in total. The first-order valence-electron chi connectivity index (χ1n) is 6.49. The van der Waals surface area contributed by atoms with E-state index in [1.165, 1.54) is 0 Å². The number of rotatable bonds is 4. The highest BCUT2D eigenvalue weighted by molar-refractivity contribution is 9.10. The molecule has 0 amide bonds. The van der Waals surface area contributed by atoms with E-state index in [9.17, 15) is 4.39 Å². The van der Waals surface area contributed by atoms with Gasteiger partial charge in [-0.05, 0) is 46.8 Å². The zero-order valence-electron chi connectivity index (χ0n) is 12.2. The molecule has 0 bridgehead atoms. The lowest BCUT2D eigenvalue weighted by Gasteiger charge is -2.31. The summed E-state index contributed by atoms with van der Waals surface area (Å²) in [4.78, 5) is 0. The molecule has 0 aliphatic heterocycles. The molecule has 0 spiro atoms. The van der Waals surface area contributed by atoms with Gasteiger partial charge in [0, 0.05) is 16.1 Å². The summed E-state index contributed by atoms with van der Waals surface area (Å²) in [5.41, 5.74) is 0.830. The predicted molar refractivity (Wildman–Crippen MR) is 84.1 cm³/mol. The van der Waals surface area contributed by atoms with Crippen LogP contribution >= 0.6 is 27.5 Å². The van der Waals surface area contributed by atoms with Gasteiger partial charge in [0.05, 0.1) is 5.02 Å². The van der Waals surface area contributed by atoms with Gasteiger partial charge in [-0.1, -0.05) is 45.4 Å². The van der Waals surface area contributed by atoms with Crippen molar-refractivity contribution >= 4 is 27.5 Å². The van der Waals surface area contributed by atoms with Crippen LogP contribution in [0.4, 0.5) is 4.39 Å². The Balaban J connectivity index is 3.02. The zero-order chi connectivity index (χ0) is 14.8. The van der Waals surface area contributed by atoms with E-state index in [2.05, 4.69) is 48.9 Å². The topological polar surface area (TPSA) is 12.0 Å². The van der Waals surface area contributed by atoms with Crippen molar-refractivity contribution in [2.75, 3.05) is 7.05 Å². The third-order valence-electron chi connectivity index (χ3n) is 3.86. The Labute approximate surface area is 129 Å². The monoisotopic (exact) mass is 349 g/mol. The van der Waals surface area contributed by atoms with Gasteiger partial charge >= 0.3 is 0 Å². The summed E-state index contributed by atoms with van der Waals surface area (Å²) in [6.45, 7) is 8.81. The Kier molecular flexibility index (Phi) is 5.84. The van der Waals surface area contributed by atoms with Gasteiger partial charge in [-0.2, -0.15) is 0 Å². The third kappa shape index (κ3) is 4.17. The third-order valence-corrected chi connectivity index (χ3v) is 5.12. The summed E-state index contributed by atoms with van der Waals surface area (Å²) in [6, 6.07) is 3.56. The lowest BCUT2D eigenvalue weighted by molar-refractivity contribution is 0.224. The minimum Gasteiger partial charge on any atom is -0.313 e. The maximum atomic E-state index is 14.2. The minimum atomic E-state index is -0.337. The van der Waals surface area contributed by atoms with E-state index in [1.807, 2.05) is 7.05 Å². The van der Waals surface area contributed by atoms with Crippen LogP contribution in [0, 0.1) is 17.2 Å². The highest BCUT2D eigenvalue weighted by Gasteiger charge is 2.26. The van der Waals surface area contributed by atoms with Gasteiger partial charge in [-0.3, -0.25) is 0 Å². The summed E-state index contributed by atoms with van der Waals surface area (Å²) in [6.07, 6.45) is 0.870. The fourth-order valence-electron chi connectivity index (χ4n) is 1.92. The fraction of sp³-hybridized carbons (Fsp3) is 0.600. The van der Waals surface area contributed by atoms with E-state index < -0.39 is 0 Å². The molecule has 0 saturated heterocycles. The number of hydrogen-bond acceptors (Lipinski definition) is 1. The standard InChI is InChI=1S/C15H22BrClFN/c1-9(15(2,3)4)8-12(19-5)10-6-7-11(16)13(17)14(10)18/h6-7,9,12,19H,8H2,1-5H3. The molecule has 1 aromatic rings. The molecule has 2 atom stereocenters. The number of benzene rings is 1. The maximum Gasteiger partial charge on any atom is 0.147 e. The number of nitrogens with one attached hydrogen (secondary N) is 1. The van der Waals surface area contributed by atoms with Crippen LogP contribution in [0.15, 0.2) is 16.6 Å². The molecule has 108 valence electrons. The molecule has 4 heteroatoms. The van der Waals surface area contributed by atoms with E-state index >= 15 is 0 Å². The molecule has 1 nitrogen and oxygen atoms in total. The summed E-state index contributed by atoms with van der Waals surface area (Å²) in [5, 5.41) is 3.35. The molecular formula is C15H22BrClFN.